The maximum absolute atomic E-state index is 13.5. The van der Waals surface area contributed by atoms with Crippen LogP contribution >= 0.6 is 0 Å². The van der Waals surface area contributed by atoms with E-state index in [9.17, 15) is 4.39 Å². The van der Waals surface area contributed by atoms with Gasteiger partial charge in [-0.05, 0) is 49.8 Å². The Labute approximate surface area is 191 Å². The van der Waals surface area contributed by atoms with Crippen molar-refractivity contribution in [3.8, 4) is 11.4 Å². The summed E-state index contributed by atoms with van der Waals surface area (Å²) in [7, 11) is 1.64. The minimum atomic E-state index is -0.846. The molecule has 2 unspecified atom stereocenters. The Bertz CT molecular complexity index is 1250. The van der Waals surface area contributed by atoms with E-state index >= 15 is 0 Å². The van der Waals surface area contributed by atoms with Crippen LogP contribution in [-0.2, 0) is 15.3 Å². The number of imidazole rings is 1. The Morgan fingerprint density at radius 3 is 2.70 bits per heavy atom. The molecule has 2 atom stereocenters. The molecule has 8 heteroatoms. The van der Waals surface area contributed by atoms with Crippen molar-refractivity contribution < 1.29 is 18.7 Å². The molecule has 7 nitrogen and oxygen atoms in total. The van der Waals surface area contributed by atoms with Gasteiger partial charge in [0.15, 0.2) is 5.76 Å². The van der Waals surface area contributed by atoms with Crippen molar-refractivity contribution in [1.82, 2.24) is 14.5 Å². The maximum atomic E-state index is 13.5. The van der Waals surface area contributed by atoms with E-state index in [-0.39, 0.29) is 11.9 Å². The number of methoxy groups -OCH3 is 1. The number of amidine groups is 1. The van der Waals surface area contributed by atoms with Crippen LogP contribution in [0, 0.1) is 12.7 Å². The molecule has 0 spiro atoms. The molecule has 3 aromatic rings. The van der Waals surface area contributed by atoms with Crippen molar-refractivity contribution in [1.29, 1.82) is 0 Å². The van der Waals surface area contributed by atoms with Gasteiger partial charge in [0.05, 0.1) is 31.4 Å². The quantitative estimate of drug-likeness (QED) is 0.584. The van der Waals surface area contributed by atoms with Gasteiger partial charge in [0.1, 0.15) is 17.7 Å². The zero-order chi connectivity index (χ0) is 23.2. The van der Waals surface area contributed by atoms with Gasteiger partial charge in [0.25, 0.3) is 0 Å². The van der Waals surface area contributed by atoms with Crippen molar-refractivity contribution in [2.45, 2.75) is 32.6 Å². The Kier molecular flexibility index (Phi) is 5.08. The fraction of sp³-hybridized carbons (Fsp3) is 0.280. The van der Waals surface area contributed by atoms with Gasteiger partial charge >= 0.3 is 0 Å². The minimum Gasteiger partial charge on any atom is -0.495 e. The van der Waals surface area contributed by atoms with Gasteiger partial charge in [-0.1, -0.05) is 23.4 Å². The van der Waals surface area contributed by atoms with Crippen LogP contribution in [0.3, 0.4) is 0 Å². The Balaban J connectivity index is 1.48. The van der Waals surface area contributed by atoms with E-state index in [0.717, 1.165) is 22.5 Å². The third kappa shape index (κ3) is 3.71. The number of aromatic nitrogens is 2. The zero-order valence-corrected chi connectivity index (χ0v) is 18.9. The molecule has 2 aromatic carbocycles. The van der Waals surface area contributed by atoms with Crippen LogP contribution in [0.1, 0.15) is 30.7 Å². The van der Waals surface area contributed by atoms with E-state index in [0.29, 0.717) is 23.9 Å². The molecule has 0 N–H and O–H groups in total. The van der Waals surface area contributed by atoms with Crippen LogP contribution in [0.4, 0.5) is 4.39 Å². The predicted molar refractivity (Wildman–Crippen MR) is 122 cm³/mol. The first-order valence-electron chi connectivity index (χ1n) is 10.7. The number of morpholine rings is 1. The van der Waals surface area contributed by atoms with Crippen LogP contribution in [0.15, 0.2) is 65.9 Å². The lowest BCUT2D eigenvalue weighted by molar-refractivity contribution is -0.104. The lowest BCUT2D eigenvalue weighted by Crippen LogP contribution is -2.51. The van der Waals surface area contributed by atoms with Gasteiger partial charge in [-0.2, -0.15) is 0 Å². The van der Waals surface area contributed by atoms with Gasteiger partial charge in [0, 0.05) is 18.7 Å². The molecule has 2 aliphatic heterocycles. The number of nitrogens with zero attached hydrogens (tertiary/aromatic N) is 4. The van der Waals surface area contributed by atoms with Gasteiger partial charge in [0.2, 0.25) is 11.6 Å². The highest BCUT2D eigenvalue weighted by Gasteiger charge is 2.48. The molecule has 0 radical (unpaired) electrons. The fourth-order valence-electron chi connectivity index (χ4n) is 4.20. The number of halogens is 1. The second kappa shape index (κ2) is 7.95. The molecule has 3 heterocycles. The molecule has 1 aromatic heterocycles. The average molecular weight is 448 g/mol. The topological polar surface area (TPSA) is 61.1 Å². The van der Waals surface area contributed by atoms with Crippen LogP contribution in [-0.4, -0.2) is 40.0 Å². The first-order valence-corrected chi connectivity index (χ1v) is 10.7. The number of oxime groups is 1. The van der Waals surface area contributed by atoms with Gasteiger partial charge in [-0.25, -0.2) is 9.37 Å². The highest BCUT2D eigenvalue weighted by atomic mass is 19.1. The summed E-state index contributed by atoms with van der Waals surface area (Å²) in [6.07, 6.45) is 5.54. The first kappa shape index (κ1) is 21.1. The normalized spacial score (nSPS) is 23.1. The number of rotatable bonds is 4. The van der Waals surface area contributed by atoms with Gasteiger partial charge < -0.3 is 23.8 Å². The second-order valence-corrected chi connectivity index (χ2v) is 8.40. The number of aryl methyl sites for hydroxylation is 1. The molecule has 2 aliphatic rings. The summed E-state index contributed by atoms with van der Waals surface area (Å²) in [6, 6.07) is 12.2. The first-order chi connectivity index (χ1) is 15.9. The van der Waals surface area contributed by atoms with Crippen LogP contribution in [0.25, 0.3) is 11.8 Å². The number of benzene rings is 2. The molecule has 0 bridgehead atoms. The van der Waals surface area contributed by atoms with Gasteiger partial charge in [-0.15, -0.1) is 0 Å². The SMILES string of the molecule is COc1cc(C=C2OC(C)CN3C2=NOC3(C)c2ccc(F)cc2)ccc1-n1cnc(C)c1. The molecule has 0 saturated carbocycles. The third-order valence-corrected chi connectivity index (χ3v) is 5.94. The summed E-state index contributed by atoms with van der Waals surface area (Å²) in [5.41, 5.74) is 2.69. The fourth-order valence-corrected chi connectivity index (χ4v) is 4.20. The monoisotopic (exact) mass is 448 g/mol. The molecule has 33 heavy (non-hydrogen) atoms. The summed E-state index contributed by atoms with van der Waals surface area (Å²) < 4.78 is 27.2. The highest BCUT2D eigenvalue weighted by molar-refractivity contribution is 6.01. The van der Waals surface area contributed by atoms with Crippen LogP contribution < -0.4 is 4.74 Å². The standard InChI is InChI=1S/C25H25FN4O3/c1-16-13-29(15-27-16)21-10-5-18(11-22(21)31-4)12-23-24-28-33-25(3,30(24)14-17(2)32-23)19-6-8-20(26)9-7-19/h5-13,15,17H,14H2,1-4H3. The van der Waals surface area contributed by atoms with Crippen molar-refractivity contribution >= 4 is 11.9 Å². The van der Waals surface area contributed by atoms with Crippen molar-refractivity contribution in [3.63, 3.8) is 0 Å². The summed E-state index contributed by atoms with van der Waals surface area (Å²) >= 11 is 0. The van der Waals surface area contributed by atoms with E-state index in [1.807, 2.05) is 55.8 Å². The molecular weight excluding hydrogens is 423 g/mol. The van der Waals surface area contributed by atoms with Crippen molar-refractivity contribution in [2.24, 2.45) is 5.16 Å². The summed E-state index contributed by atoms with van der Waals surface area (Å²) in [5.74, 6) is 1.63. The lowest BCUT2D eigenvalue weighted by Gasteiger charge is -2.39. The smallest absolute Gasteiger partial charge is 0.234 e. The third-order valence-electron chi connectivity index (χ3n) is 5.94. The highest BCUT2D eigenvalue weighted by Crippen LogP contribution is 2.39. The lowest BCUT2D eigenvalue weighted by atomic mass is 10.0. The van der Waals surface area contributed by atoms with E-state index in [2.05, 4.69) is 15.0 Å². The predicted octanol–water partition coefficient (Wildman–Crippen LogP) is 4.61. The van der Waals surface area contributed by atoms with E-state index in [4.69, 9.17) is 14.3 Å². The van der Waals surface area contributed by atoms with Crippen molar-refractivity contribution in [2.75, 3.05) is 13.7 Å². The van der Waals surface area contributed by atoms with E-state index < -0.39 is 5.72 Å². The molecule has 0 aliphatic carbocycles. The number of ether oxygens (including phenoxy) is 2. The average Bonchev–Trinajstić information content (AvgIpc) is 3.38. The Morgan fingerprint density at radius 2 is 2.00 bits per heavy atom. The Morgan fingerprint density at radius 1 is 1.21 bits per heavy atom. The maximum Gasteiger partial charge on any atom is 0.234 e. The summed E-state index contributed by atoms with van der Waals surface area (Å²) in [5, 5.41) is 4.34. The minimum absolute atomic E-state index is 0.0910. The van der Waals surface area contributed by atoms with Crippen LogP contribution in [0.2, 0.25) is 0 Å². The van der Waals surface area contributed by atoms with Gasteiger partial charge in [-0.3, -0.25) is 0 Å². The molecule has 170 valence electrons. The molecule has 0 amide bonds. The zero-order valence-electron chi connectivity index (χ0n) is 18.9. The molecular formula is C25H25FN4O3. The summed E-state index contributed by atoms with van der Waals surface area (Å²) in [4.78, 5) is 12.2. The van der Waals surface area contributed by atoms with Crippen LogP contribution in [0.5, 0.6) is 5.75 Å². The summed E-state index contributed by atoms with van der Waals surface area (Å²) in [6.45, 7) is 6.46. The number of fused-ring (bicyclic) bond motifs is 1. The molecule has 5 rings (SSSR count). The Hall–Kier alpha value is -3.81. The number of hydrogen-bond donors (Lipinski definition) is 0. The molecule has 1 saturated heterocycles. The van der Waals surface area contributed by atoms with E-state index in [1.54, 1.807) is 25.6 Å². The second-order valence-electron chi connectivity index (χ2n) is 8.40. The van der Waals surface area contributed by atoms with E-state index in [1.165, 1.54) is 12.1 Å². The largest absolute Gasteiger partial charge is 0.495 e. The van der Waals surface area contributed by atoms with Crippen molar-refractivity contribution in [3.05, 3.63) is 83.4 Å². The molecule has 1 fully saturated rings. The number of hydrogen-bond acceptors (Lipinski definition) is 6.